The van der Waals surface area contributed by atoms with Crippen molar-refractivity contribution < 1.29 is 32.3 Å². The number of nitrogens with one attached hydrogen (secondary N) is 2. The molecule has 0 spiro atoms. The van der Waals surface area contributed by atoms with Crippen LogP contribution in [0.4, 0.5) is 24.5 Å². The maximum absolute atomic E-state index is 14.1. The highest BCUT2D eigenvalue weighted by molar-refractivity contribution is 7.18. The molecule has 2 saturated carbocycles. The van der Waals surface area contributed by atoms with E-state index in [1.165, 1.54) is 12.1 Å². The molecule has 5 rings (SSSR count). The molecule has 1 aromatic carbocycles. The average Bonchev–Trinajstić information content (AvgIpc) is 3.31. The second kappa shape index (κ2) is 11.9. The van der Waals surface area contributed by atoms with E-state index in [-0.39, 0.29) is 49.1 Å². The molecule has 1 aliphatic heterocycles. The van der Waals surface area contributed by atoms with Gasteiger partial charge in [0.2, 0.25) is 5.91 Å². The minimum absolute atomic E-state index is 0.00110. The lowest BCUT2D eigenvalue weighted by Crippen LogP contribution is -2.65. The number of thiophene rings is 1. The second-order valence-electron chi connectivity index (χ2n) is 10.8. The van der Waals surface area contributed by atoms with Gasteiger partial charge in [-0.3, -0.25) is 19.3 Å². The number of carbonyl (C=O) groups excluding carboxylic acids is 3. The summed E-state index contributed by atoms with van der Waals surface area (Å²) in [5, 5.41) is 5.48. The summed E-state index contributed by atoms with van der Waals surface area (Å²) >= 11 is 7.09. The molecule has 1 aromatic heterocycles. The molecule has 0 bridgehead atoms. The number of alkyl halides is 3. The first kappa shape index (κ1) is 29.8. The number of rotatable bonds is 9. The van der Waals surface area contributed by atoms with Gasteiger partial charge in [-0.15, -0.1) is 11.3 Å². The molecule has 3 amide bonds. The van der Waals surface area contributed by atoms with E-state index in [0.29, 0.717) is 15.1 Å². The van der Waals surface area contributed by atoms with Gasteiger partial charge in [-0.2, -0.15) is 13.2 Å². The van der Waals surface area contributed by atoms with Crippen molar-refractivity contribution in [3.05, 3.63) is 45.1 Å². The van der Waals surface area contributed by atoms with Crippen molar-refractivity contribution in [2.45, 2.75) is 56.3 Å². The number of amides is 3. The van der Waals surface area contributed by atoms with Gasteiger partial charge >= 0.3 is 6.18 Å². The topological polar surface area (TPSA) is 91.0 Å². The van der Waals surface area contributed by atoms with Crippen molar-refractivity contribution in [1.29, 1.82) is 0 Å². The van der Waals surface area contributed by atoms with Crippen LogP contribution in [0.15, 0.2) is 30.3 Å². The zero-order chi connectivity index (χ0) is 29.4. The number of hydrogen-bond donors (Lipinski definition) is 2. The number of anilines is 2. The van der Waals surface area contributed by atoms with Gasteiger partial charge in [-0.05, 0) is 75.4 Å². The molecule has 2 aliphatic carbocycles. The Morgan fingerprint density at radius 3 is 2.54 bits per heavy atom. The molecule has 8 nitrogen and oxygen atoms in total. The van der Waals surface area contributed by atoms with E-state index in [9.17, 15) is 27.6 Å². The Balaban J connectivity index is 1.39. The Bertz CT molecular complexity index is 1310. The lowest BCUT2D eigenvalue weighted by Gasteiger charge is -2.58. The van der Waals surface area contributed by atoms with Gasteiger partial charge < -0.3 is 20.3 Å². The molecule has 1 saturated heterocycles. The zero-order valence-corrected chi connectivity index (χ0v) is 24.1. The summed E-state index contributed by atoms with van der Waals surface area (Å²) in [5.41, 5.74) is -1.54. The third kappa shape index (κ3) is 6.11. The van der Waals surface area contributed by atoms with Gasteiger partial charge in [0.1, 0.15) is 12.6 Å². The highest BCUT2D eigenvalue weighted by atomic mass is 35.5. The first-order chi connectivity index (χ1) is 19.5. The van der Waals surface area contributed by atoms with Crippen LogP contribution < -0.4 is 15.5 Å². The van der Waals surface area contributed by atoms with Gasteiger partial charge in [-0.25, -0.2) is 0 Å². The summed E-state index contributed by atoms with van der Waals surface area (Å²) in [6.07, 6.45) is 1.38. The fraction of sp³-hybridized carbons (Fsp3) is 0.536. The molecule has 1 atom stereocenters. The Kier molecular flexibility index (Phi) is 8.66. The number of ether oxygens (including phenoxy) is 1. The highest BCUT2D eigenvalue weighted by Crippen LogP contribution is 2.51. The van der Waals surface area contributed by atoms with Crippen molar-refractivity contribution in [2.24, 2.45) is 5.92 Å². The van der Waals surface area contributed by atoms with Crippen molar-refractivity contribution in [3.8, 4) is 0 Å². The number of morpholine rings is 1. The molecule has 2 aromatic rings. The molecular weight excluding hydrogens is 581 g/mol. The number of carbonyl (C=O) groups is 3. The van der Waals surface area contributed by atoms with E-state index >= 15 is 0 Å². The van der Waals surface area contributed by atoms with Crippen LogP contribution in [-0.2, 0) is 20.5 Å². The van der Waals surface area contributed by atoms with Gasteiger partial charge in [0.25, 0.3) is 11.8 Å². The van der Waals surface area contributed by atoms with Crippen LogP contribution in [-0.4, -0.2) is 67.6 Å². The molecule has 2 N–H and O–H groups in total. The summed E-state index contributed by atoms with van der Waals surface area (Å²) in [7, 11) is 1.87. The standard InChI is InChI=1S/C28H32ClF3N4O4S/c1-35(27(10-3-11-27)17-4-2-5-17)21(15-33-26(39)22-8-9-23(29)41-22)25(38)34-18-6-7-20(19(14-18)28(30,31)32)36-12-13-40-16-24(36)37/h6-9,14,17,21H,2-5,10-13,15-16H2,1H3,(H,33,39)(H,34,38)/t21-/m1/s1. The highest BCUT2D eigenvalue weighted by Gasteiger charge is 2.51. The van der Waals surface area contributed by atoms with Gasteiger partial charge in [0.05, 0.1) is 27.1 Å². The van der Waals surface area contributed by atoms with E-state index in [1.807, 2.05) is 11.9 Å². The quantitative estimate of drug-likeness (QED) is 0.408. The molecule has 222 valence electrons. The Morgan fingerprint density at radius 1 is 1.22 bits per heavy atom. The van der Waals surface area contributed by atoms with Crippen molar-refractivity contribution >= 4 is 52.0 Å². The number of halogens is 4. The van der Waals surface area contributed by atoms with E-state index < -0.39 is 29.6 Å². The second-order valence-corrected chi connectivity index (χ2v) is 12.6. The minimum atomic E-state index is -4.76. The molecule has 13 heteroatoms. The fourth-order valence-electron chi connectivity index (χ4n) is 6.04. The van der Waals surface area contributed by atoms with Crippen molar-refractivity contribution in [1.82, 2.24) is 10.2 Å². The number of hydrogen-bond acceptors (Lipinski definition) is 6. The predicted molar refractivity (Wildman–Crippen MR) is 150 cm³/mol. The molecule has 0 radical (unpaired) electrons. The predicted octanol–water partition coefficient (Wildman–Crippen LogP) is 5.18. The molecular formula is C28H32ClF3N4O4S. The van der Waals surface area contributed by atoms with Gasteiger partial charge in [0, 0.05) is 24.3 Å². The van der Waals surface area contributed by atoms with E-state index in [0.717, 1.165) is 60.8 Å². The lowest BCUT2D eigenvalue weighted by molar-refractivity contribution is -0.137. The first-order valence-electron chi connectivity index (χ1n) is 13.7. The summed E-state index contributed by atoms with van der Waals surface area (Å²) < 4.78 is 47.8. The molecule has 41 heavy (non-hydrogen) atoms. The first-order valence-corrected chi connectivity index (χ1v) is 14.9. The van der Waals surface area contributed by atoms with E-state index in [2.05, 4.69) is 10.6 Å². The SMILES string of the molecule is CN([C@H](CNC(=O)c1ccc(Cl)s1)C(=O)Nc1ccc(N2CCOCC2=O)c(C(F)(F)F)c1)C1(C2CCC2)CCC1. The zero-order valence-electron chi connectivity index (χ0n) is 22.6. The Morgan fingerprint density at radius 2 is 1.98 bits per heavy atom. The third-order valence-corrected chi connectivity index (χ3v) is 9.89. The van der Waals surface area contributed by atoms with Crippen LogP contribution in [0.3, 0.4) is 0 Å². The van der Waals surface area contributed by atoms with Crippen molar-refractivity contribution in [3.63, 3.8) is 0 Å². The largest absolute Gasteiger partial charge is 0.418 e. The Labute approximate surface area is 245 Å². The summed E-state index contributed by atoms with van der Waals surface area (Å²) in [5.74, 6) is -1.03. The third-order valence-electron chi connectivity index (χ3n) is 8.66. The van der Waals surface area contributed by atoms with E-state index in [1.54, 1.807) is 12.1 Å². The van der Waals surface area contributed by atoms with Crippen LogP contribution in [0.1, 0.15) is 53.8 Å². The number of likely N-dealkylation sites (N-methyl/N-ethyl adjacent to an activating group) is 1. The smallest absolute Gasteiger partial charge is 0.370 e. The van der Waals surface area contributed by atoms with Crippen LogP contribution in [0.5, 0.6) is 0 Å². The van der Waals surface area contributed by atoms with Gasteiger partial charge in [-0.1, -0.05) is 18.0 Å². The van der Waals surface area contributed by atoms with Crippen LogP contribution >= 0.6 is 22.9 Å². The normalized spacial score (nSPS) is 19.9. The summed E-state index contributed by atoms with van der Waals surface area (Å²) in [4.78, 5) is 42.3. The monoisotopic (exact) mass is 612 g/mol. The van der Waals surface area contributed by atoms with Crippen LogP contribution in [0.25, 0.3) is 0 Å². The van der Waals surface area contributed by atoms with Crippen LogP contribution in [0, 0.1) is 5.92 Å². The maximum Gasteiger partial charge on any atom is 0.418 e. The number of benzene rings is 1. The minimum Gasteiger partial charge on any atom is -0.370 e. The lowest BCUT2D eigenvalue weighted by atomic mass is 9.59. The summed E-state index contributed by atoms with van der Waals surface area (Å²) in [6.45, 7) is -0.200. The van der Waals surface area contributed by atoms with E-state index in [4.69, 9.17) is 16.3 Å². The average molecular weight is 613 g/mol. The fourth-order valence-corrected chi connectivity index (χ4v) is 7.00. The molecule has 3 fully saturated rings. The Hall–Kier alpha value is -2.67. The molecule has 2 heterocycles. The maximum atomic E-state index is 14.1. The number of nitrogens with zero attached hydrogens (tertiary/aromatic N) is 2. The molecule has 3 aliphatic rings. The van der Waals surface area contributed by atoms with Crippen molar-refractivity contribution in [2.75, 3.05) is 43.6 Å². The van der Waals surface area contributed by atoms with Gasteiger partial charge in [0.15, 0.2) is 0 Å². The van der Waals surface area contributed by atoms with Crippen LogP contribution in [0.2, 0.25) is 4.34 Å². The molecule has 0 unspecified atom stereocenters. The summed E-state index contributed by atoms with van der Waals surface area (Å²) in [6, 6.07) is 5.80.